The number of rotatable bonds is 5. The molecule has 0 aromatic heterocycles. The third kappa shape index (κ3) is 5.21. The van der Waals surface area contributed by atoms with Crippen LogP contribution in [0.3, 0.4) is 0 Å². The smallest absolute Gasteiger partial charge is 0.238 e. The molecule has 0 unspecified atom stereocenters. The molecule has 0 atom stereocenters. The third-order valence-electron chi connectivity index (χ3n) is 4.69. The quantitative estimate of drug-likeness (QED) is 0.834. The number of benzene rings is 2. The summed E-state index contributed by atoms with van der Waals surface area (Å²) in [7, 11) is 0. The van der Waals surface area contributed by atoms with Crippen LogP contribution in [0.25, 0.3) is 0 Å². The Kier molecular flexibility index (Phi) is 6.54. The number of amides is 1. The van der Waals surface area contributed by atoms with Gasteiger partial charge >= 0.3 is 0 Å². The van der Waals surface area contributed by atoms with Gasteiger partial charge in [-0.15, -0.1) is 0 Å². The first-order valence-electron chi connectivity index (χ1n) is 8.75. The highest BCUT2D eigenvalue weighted by Crippen LogP contribution is 2.25. The van der Waals surface area contributed by atoms with Gasteiger partial charge in [0.1, 0.15) is 0 Å². The molecule has 0 saturated carbocycles. The first-order valence-corrected chi connectivity index (χ1v) is 9.51. The molecular formula is C20H23Cl2N3O. The van der Waals surface area contributed by atoms with E-state index in [0.717, 1.165) is 32.7 Å². The van der Waals surface area contributed by atoms with E-state index >= 15 is 0 Å². The zero-order valence-electron chi connectivity index (χ0n) is 14.8. The van der Waals surface area contributed by atoms with E-state index in [0.29, 0.717) is 22.3 Å². The van der Waals surface area contributed by atoms with Crippen LogP contribution in [0.4, 0.5) is 5.69 Å². The standard InChI is InChI=1S/C20H23Cl2N3O/c1-15-4-2-3-5-16(15)13-24-8-10-25(11-9-24)14-20(26)23-17-6-7-18(21)19(22)12-17/h2-7,12H,8-11,13-14H2,1H3,(H,23,26). The molecule has 0 radical (unpaired) electrons. The molecule has 1 saturated heterocycles. The summed E-state index contributed by atoms with van der Waals surface area (Å²) in [5.41, 5.74) is 3.37. The van der Waals surface area contributed by atoms with Gasteiger partial charge in [-0.1, -0.05) is 47.5 Å². The molecule has 3 rings (SSSR count). The van der Waals surface area contributed by atoms with E-state index in [4.69, 9.17) is 23.2 Å². The highest BCUT2D eigenvalue weighted by Gasteiger charge is 2.19. The van der Waals surface area contributed by atoms with E-state index in [2.05, 4.69) is 46.3 Å². The fourth-order valence-corrected chi connectivity index (χ4v) is 3.41. The Morgan fingerprint density at radius 2 is 1.69 bits per heavy atom. The molecule has 1 aliphatic rings. The van der Waals surface area contributed by atoms with Gasteiger partial charge in [0.25, 0.3) is 0 Å². The monoisotopic (exact) mass is 391 g/mol. The fourth-order valence-electron chi connectivity index (χ4n) is 3.11. The highest BCUT2D eigenvalue weighted by molar-refractivity contribution is 6.42. The molecule has 2 aromatic carbocycles. The maximum atomic E-state index is 12.3. The van der Waals surface area contributed by atoms with Gasteiger partial charge < -0.3 is 5.32 Å². The molecule has 0 spiro atoms. The van der Waals surface area contributed by atoms with Crippen LogP contribution in [0.15, 0.2) is 42.5 Å². The molecule has 4 nitrogen and oxygen atoms in total. The summed E-state index contributed by atoms with van der Waals surface area (Å²) < 4.78 is 0. The second kappa shape index (κ2) is 8.87. The van der Waals surface area contributed by atoms with Crippen LogP contribution in [0.1, 0.15) is 11.1 Å². The Balaban J connectivity index is 1.45. The lowest BCUT2D eigenvalue weighted by Crippen LogP contribution is -2.48. The molecule has 1 fully saturated rings. The normalized spacial score (nSPS) is 15.8. The number of nitrogens with one attached hydrogen (secondary N) is 1. The minimum absolute atomic E-state index is 0.0317. The van der Waals surface area contributed by atoms with Crippen LogP contribution in [0.5, 0.6) is 0 Å². The Bertz CT molecular complexity index is 773. The maximum Gasteiger partial charge on any atom is 0.238 e. The van der Waals surface area contributed by atoms with Crippen LogP contribution in [0, 0.1) is 6.92 Å². The topological polar surface area (TPSA) is 35.6 Å². The van der Waals surface area contributed by atoms with Crippen molar-refractivity contribution in [1.82, 2.24) is 9.80 Å². The predicted molar refractivity (Wildman–Crippen MR) is 108 cm³/mol. The SMILES string of the molecule is Cc1ccccc1CN1CCN(CC(=O)Nc2ccc(Cl)c(Cl)c2)CC1. The summed E-state index contributed by atoms with van der Waals surface area (Å²) in [6.45, 7) is 7.22. The zero-order chi connectivity index (χ0) is 18.5. The second-order valence-electron chi connectivity index (χ2n) is 6.66. The minimum atomic E-state index is -0.0317. The molecule has 0 bridgehead atoms. The number of halogens is 2. The molecule has 0 aliphatic carbocycles. The van der Waals surface area contributed by atoms with Gasteiger partial charge in [-0.3, -0.25) is 14.6 Å². The largest absolute Gasteiger partial charge is 0.325 e. The Morgan fingerprint density at radius 1 is 1.00 bits per heavy atom. The molecule has 1 N–H and O–H groups in total. The summed E-state index contributed by atoms with van der Waals surface area (Å²) in [5.74, 6) is -0.0317. The van der Waals surface area contributed by atoms with Crippen molar-refractivity contribution in [1.29, 1.82) is 0 Å². The number of piperazine rings is 1. The Hall–Kier alpha value is -1.59. The predicted octanol–water partition coefficient (Wildman–Crippen LogP) is 4.06. The Morgan fingerprint density at radius 3 is 2.38 bits per heavy atom. The number of anilines is 1. The molecule has 1 amide bonds. The number of nitrogens with zero attached hydrogens (tertiary/aromatic N) is 2. The van der Waals surface area contributed by atoms with Crippen molar-refractivity contribution in [3.8, 4) is 0 Å². The van der Waals surface area contributed by atoms with Gasteiger partial charge in [-0.05, 0) is 36.2 Å². The summed E-state index contributed by atoms with van der Waals surface area (Å²) in [6, 6.07) is 13.6. The number of hydrogen-bond acceptors (Lipinski definition) is 3. The summed E-state index contributed by atoms with van der Waals surface area (Å²) in [6.07, 6.45) is 0. The van der Waals surface area contributed by atoms with Crippen molar-refractivity contribution >= 4 is 34.8 Å². The summed E-state index contributed by atoms with van der Waals surface area (Å²) >= 11 is 11.9. The van der Waals surface area contributed by atoms with Crippen molar-refractivity contribution in [2.45, 2.75) is 13.5 Å². The van der Waals surface area contributed by atoms with Gasteiger partial charge in [-0.25, -0.2) is 0 Å². The van der Waals surface area contributed by atoms with Crippen LogP contribution in [-0.2, 0) is 11.3 Å². The van der Waals surface area contributed by atoms with Gasteiger partial charge in [-0.2, -0.15) is 0 Å². The third-order valence-corrected chi connectivity index (χ3v) is 5.43. The summed E-state index contributed by atoms with van der Waals surface area (Å²) in [5, 5.41) is 3.80. The van der Waals surface area contributed by atoms with Gasteiger partial charge in [0.2, 0.25) is 5.91 Å². The number of aryl methyl sites for hydroxylation is 1. The minimum Gasteiger partial charge on any atom is -0.325 e. The van der Waals surface area contributed by atoms with E-state index in [9.17, 15) is 4.79 Å². The number of hydrogen-bond donors (Lipinski definition) is 1. The fraction of sp³-hybridized carbons (Fsp3) is 0.350. The van der Waals surface area contributed by atoms with Crippen LogP contribution >= 0.6 is 23.2 Å². The van der Waals surface area contributed by atoms with Gasteiger partial charge in [0.15, 0.2) is 0 Å². The van der Waals surface area contributed by atoms with E-state index in [1.54, 1.807) is 18.2 Å². The van der Waals surface area contributed by atoms with Crippen molar-refractivity contribution in [2.75, 3.05) is 38.0 Å². The zero-order valence-corrected chi connectivity index (χ0v) is 16.4. The van der Waals surface area contributed by atoms with Crippen LogP contribution in [-0.4, -0.2) is 48.4 Å². The lowest BCUT2D eigenvalue weighted by atomic mass is 10.1. The molecule has 6 heteroatoms. The first-order chi connectivity index (χ1) is 12.5. The van der Waals surface area contributed by atoms with Crippen molar-refractivity contribution < 1.29 is 4.79 Å². The lowest BCUT2D eigenvalue weighted by molar-refractivity contribution is -0.117. The molecule has 138 valence electrons. The second-order valence-corrected chi connectivity index (χ2v) is 7.47. The van der Waals surface area contributed by atoms with Crippen molar-refractivity contribution in [3.05, 3.63) is 63.6 Å². The molecule has 26 heavy (non-hydrogen) atoms. The van der Waals surface area contributed by atoms with E-state index in [-0.39, 0.29) is 5.91 Å². The number of carbonyl (C=O) groups excluding carboxylic acids is 1. The van der Waals surface area contributed by atoms with Crippen LogP contribution < -0.4 is 5.32 Å². The van der Waals surface area contributed by atoms with Crippen molar-refractivity contribution in [3.63, 3.8) is 0 Å². The van der Waals surface area contributed by atoms with E-state index in [1.165, 1.54) is 11.1 Å². The average molecular weight is 392 g/mol. The maximum absolute atomic E-state index is 12.3. The highest BCUT2D eigenvalue weighted by atomic mass is 35.5. The van der Waals surface area contributed by atoms with Crippen molar-refractivity contribution in [2.24, 2.45) is 0 Å². The average Bonchev–Trinajstić information content (AvgIpc) is 2.62. The molecule has 1 aliphatic heterocycles. The van der Waals surface area contributed by atoms with E-state index < -0.39 is 0 Å². The summed E-state index contributed by atoms with van der Waals surface area (Å²) in [4.78, 5) is 16.9. The number of carbonyl (C=O) groups is 1. The van der Waals surface area contributed by atoms with Gasteiger partial charge in [0.05, 0.1) is 16.6 Å². The molecular weight excluding hydrogens is 369 g/mol. The van der Waals surface area contributed by atoms with Crippen LogP contribution in [0.2, 0.25) is 10.0 Å². The molecule has 2 aromatic rings. The first kappa shape index (κ1) is 19.2. The molecule has 1 heterocycles. The Labute approximate surface area is 164 Å². The van der Waals surface area contributed by atoms with Gasteiger partial charge in [0, 0.05) is 38.4 Å². The van der Waals surface area contributed by atoms with E-state index in [1.807, 2.05) is 0 Å². The lowest BCUT2D eigenvalue weighted by Gasteiger charge is -2.34.